The lowest BCUT2D eigenvalue weighted by Gasteiger charge is -2.03. The highest BCUT2D eigenvalue weighted by Crippen LogP contribution is 1.89. The molecule has 0 atom stereocenters. The van der Waals surface area contributed by atoms with Gasteiger partial charge in [0.2, 0.25) is 0 Å². The molecule has 3 heteroatoms. The molecule has 0 aliphatic carbocycles. The Hall–Kier alpha value is -1.09. The number of rotatable bonds is 7. The van der Waals surface area contributed by atoms with Crippen LogP contribution >= 0.6 is 0 Å². The molecule has 0 unspecified atom stereocenters. The van der Waals surface area contributed by atoms with Crippen molar-refractivity contribution in [1.29, 1.82) is 0 Å². The zero-order valence-corrected chi connectivity index (χ0v) is 8.82. The van der Waals surface area contributed by atoms with Crippen LogP contribution in [0.4, 0.5) is 0 Å². The number of aryl methyl sites for hydroxylation is 1. The van der Waals surface area contributed by atoms with Crippen LogP contribution in [-0.2, 0) is 6.54 Å². The first-order valence-corrected chi connectivity index (χ1v) is 5.21. The average molecular weight is 193 g/mol. The van der Waals surface area contributed by atoms with Gasteiger partial charge in [0, 0.05) is 18.9 Å². The van der Waals surface area contributed by atoms with Gasteiger partial charge in [-0.1, -0.05) is 12.2 Å². The van der Waals surface area contributed by atoms with E-state index in [2.05, 4.69) is 33.9 Å². The van der Waals surface area contributed by atoms with E-state index in [0.717, 1.165) is 32.5 Å². The summed E-state index contributed by atoms with van der Waals surface area (Å²) in [4.78, 5) is 4.00. The van der Waals surface area contributed by atoms with Crippen LogP contribution in [0.15, 0.2) is 30.9 Å². The summed E-state index contributed by atoms with van der Waals surface area (Å²) in [6.45, 7) is 5.26. The van der Waals surface area contributed by atoms with Gasteiger partial charge in [-0.3, -0.25) is 0 Å². The van der Waals surface area contributed by atoms with Crippen LogP contribution in [-0.4, -0.2) is 22.6 Å². The number of aromatic nitrogens is 2. The number of nitrogens with one attached hydrogen (secondary N) is 1. The van der Waals surface area contributed by atoms with E-state index in [9.17, 15) is 0 Å². The molecule has 1 rings (SSSR count). The van der Waals surface area contributed by atoms with Gasteiger partial charge >= 0.3 is 0 Å². The Kier molecular flexibility index (Phi) is 5.75. The number of hydrogen-bond acceptors (Lipinski definition) is 2. The van der Waals surface area contributed by atoms with Crippen molar-refractivity contribution in [3.8, 4) is 0 Å². The van der Waals surface area contributed by atoms with Crippen molar-refractivity contribution in [2.45, 2.75) is 26.3 Å². The van der Waals surface area contributed by atoms with E-state index in [0.29, 0.717) is 0 Å². The highest BCUT2D eigenvalue weighted by atomic mass is 15.0. The minimum Gasteiger partial charge on any atom is -0.337 e. The Labute approximate surface area is 85.8 Å². The normalized spacial score (nSPS) is 11.2. The van der Waals surface area contributed by atoms with Crippen molar-refractivity contribution in [2.75, 3.05) is 13.1 Å². The molecule has 14 heavy (non-hydrogen) atoms. The standard InChI is InChI=1S/C11H19N3/c1-2-3-4-6-12-7-5-9-14-10-8-13-11-14/h2-3,8,10-12H,4-7,9H2,1H3/b3-2+. The maximum Gasteiger partial charge on any atom is 0.0945 e. The van der Waals surface area contributed by atoms with Crippen molar-refractivity contribution in [3.63, 3.8) is 0 Å². The van der Waals surface area contributed by atoms with Crippen LogP contribution in [0.25, 0.3) is 0 Å². The van der Waals surface area contributed by atoms with E-state index in [4.69, 9.17) is 0 Å². The fourth-order valence-electron chi connectivity index (χ4n) is 1.28. The Morgan fingerprint density at radius 2 is 2.36 bits per heavy atom. The van der Waals surface area contributed by atoms with Crippen LogP contribution in [0.5, 0.6) is 0 Å². The molecular formula is C11H19N3. The lowest BCUT2D eigenvalue weighted by atomic mass is 10.3. The Balaban J connectivity index is 1.90. The molecule has 0 amide bonds. The third-order valence-electron chi connectivity index (χ3n) is 2.05. The quantitative estimate of drug-likeness (QED) is 0.529. The molecule has 1 heterocycles. The molecule has 0 aromatic carbocycles. The van der Waals surface area contributed by atoms with Gasteiger partial charge in [0.15, 0.2) is 0 Å². The summed E-state index contributed by atoms with van der Waals surface area (Å²) < 4.78 is 2.10. The fraction of sp³-hybridized carbons (Fsp3) is 0.545. The summed E-state index contributed by atoms with van der Waals surface area (Å²) in [5.74, 6) is 0. The molecule has 0 aliphatic heterocycles. The SMILES string of the molecule is C/C=C/CCNCCCn1ccnc1. The average Bonchev–Trinajstić information content (AvgIpc) is 2.69. The molecule has 3 nitrogen and oxygen atoms in total. The Morgan fingerprint density at radius 1 is 1.43 bits per heavy atom. The van der Waals surface area contributed by atoms with Gasteiger partial charge < -0.3 is 9.88 Å². The maximum atomic E-state index is 4.00. The second-order valence-corrected chi connectivity index (χ2v) is 3.26. The molecular weight excluding hydrogens is 174 g/mol. The molecule has 1 aromatic heterocycles. The first kappa shape index (κ1) is 11.0. The van der Waals surface area contributed by atoms with Crippen LogP contribution < -0.4 is 5.32 Å². The van der Waals surface area contributed by atoms with Crippen LogP contribution in [0, 0.1) is 0 Å². The zero-order chi connectivity index (χ0) is 10.1. The van der Waals surface area contributed by atoms with E-state index in [1.807, 2.05) is 18.7 Å². The third-order valence-corrected chi connectivity index (χ3v) is 2.05. The minimum atomic E-state index is 1.05. The molecule has 0 radical (unpaired) electrons. The largest absolute Gasteiger partial charge is 0.337 e. The zero-order valence-electron chi connectivity index (χ0n) is 8.82. The molecule has 0 bridgehead atoms. The topological polar surface area (TPSA) is 29.9 Å². The van der Waals surface area contributed by atoms with E-state index in [1.165, 1.54) is 0 Å². The molecule has 0 fully saturated rings. The highest BCUT2D eigenvalue weighted by Gasteiger charge is 1.89. The third kappa shape index (κ3) is 4.82. The second-order valence-electron chi connectivity index (χ2n) is 3.26. The van der Waals surface area contributed by atoms with Gasteiger partial charge in [-0.05, 0) is 32.9 Å². The number of allylic oxidation sites excluding steroid dienone is 1. The minimum absolute atomic E-state index is 1.05. The van der Waals surface area contributed by atoms with Gasteiger partial charge in [-0.15, -0.1) is 0 Å². The van der Waals surface area contributed by atoms with E-state index < -0.39 is 0 Å². The van der Waals surface area contributed by atoms with Crippen LogP contribution in [0.3, 0.4) is 0 Å². The van der Waals surface area contributed by atoms with Crippen LogP contribution in [0.1, 0.15) is 19.8 Å². The summed E-state index contributed by atoms with van der Waals surface area (Å²) in [6, 6.07) is 0. The Morgan fingerprint density at radius 3 is 3.07 bits per heavy atom. The van der Waals surface area contributed by atoms with Gasteiger partial charge in [0.1, 0.15) is 0 Å². The lowest BCUT2D eigenvalue weighted by Crippen LogP contribution is -2.17. The van der Waals surface area contributed by atoms with Crippen molar-refractivity contribution in [1.82, 2.24) is 14.9 Å². The van der Waals surface area contributed by atoms with Crippen LogP contribution in [0.2, 0.25) is 0 Å². The van der Waals surface area contributed by atoms with E-state index in [1.54, 1.807) is 0 Å². The van der Waals surface area contributed by atoms with Gasteiger partial charge in [0.05, 0.1) is 6.33 Å². The summed E-state index contributed by atoms with van der Waals surface area (Å²) >= 11 is 0. The summed E-state index contributed by atoms with van der Waals surface area (Å²) in [6.07, 6.45) is 12.2. The van der Waals surface area contributed by atoms with Crippen molar-refractivity contribution in [3.05, 3.63) is 30.9 Å². The molecule has 78 valence electrons. The first-order valence-electron chi connectivity index (χ1n) is 5.21. The van der Waals surface area contributed by atoms with Crippen molar-refractivity contribution in [2.24, 2.45) is 0 Å². The monoisotopic (exact) mass is 193 g/mol. The lowest BCUT2D eigenvalue weighted by molar-refractivity contribution is 0.584. The Bertz CT molecular complexity index is 239. The van der Waals surface area contributed by atoms with E-state index in [-0.39, 0.29) is 0 Å². The van der Waals surface area contributed by atoms with Crippen molar-refractivity contribution >= 4 is 0 Å². The maximum absolute atomic E-state index is 4.00. The van der Waals surface area contributed by atoms with E-state index >= 15 is 0 Å². The second kappa shape index (κ2) is 7.33. The molecule has 1 aromatic rings. The summed E-state index contributed by atoms with van der Waals surface area (Å²) in [7, 11) is 0. The highest BCUT2D eigenvalue weighted by molar-refractivity contribution is 4.77. The number of hydrogen-bond donors (Lipinski definition) is 1. The molecule has 0 saturated heterocycles. The smallest absolute Gasteiger partial charge is 0.0945 e. The predicted octanol–water partition coefficient (Wildman–Crippen LogP) is 1.83. The van der Waals surface area contributed by atoms with Crippen molar-refractivity contribution < 1.29 is 0 Å². The van der Waals surface area contributed by atoms with Gasteiger partial charge in [0.25, 0.3) is 0 Å². The molecule has 0 saturated carbocycles. The summed E-state index contributed by atoms with van der Waals surface area (Å²) in [5, 5.41) is 3.40. The summed E-state index contributed by atoms with van der Waals surface area (Å²) in [5.41, 5.74) is 0. The molecule has 0 spiro atoms. The molecule has 1 N–H and O–H groups in total. The number of nitrogens with zero attached hydrogens (tertiary/aromatic N) is 2. The van der Waals surface area contributed by atoms with Gasteiger partial charge in [-0.2, -0.15) is 0 Å². The number of imidazole rings is 1. The first-order chi connectivity index (χ1) is 6.93. The fourth-order valence-corrected chi connectivity index (χ4v) is 1.28. The predicted molar refractivity (Wildman–Crippen MR) is 59.1 cm³/mol. The van der Waals surface area contributed by atoms with Gasteiger partial charge in [-0.25, -0.2) is 4.98 Å². The molecule has 0 aliphatic rings.